The molecule has 96 valence electrons. The normalized spacial score (nSPS) is 17.3. The Morgan fingerprint density at radius 2 is 2.35 bits per heavy atom. The van der Waals surface area contributed by atoms with Gasteiger partial charge in [-0.3, -0.25) is 4.68 Å². The fourth-order valence-corrected chi connectivity index (χ4v) is 2.15. The van der Waals surface area contributed by atoms with Crippen molar-refractivity contribution in [2.75, 3.05) is 26.8 Å². The largest absolute Gasteiger partial charge is 0.385 e. The molecule has 0 atom stereocenters. The monoisotopic (exact) mass is 237 g/mol. The van der Waals surface area contributed by atoms with E-state index in [2.05, 4.69) is 23.5 Å². The lowest BCUT2D eigenvalue weighted by Crippen LogP contribution is -2.28. The van der Waals surface area contributed by atoms with Crippen molar-refractivity contribution in [1.29, 1.82) is 0 Å². The zero-order valence-electron chi connectivity index (χ0n) is 10.9. The number of methoxy groups -OCH3 is 1. The summed E-state index contributed by atoms with van der Waals surface area (Å²) in [5, 5.41) is 7.81. The van der Waals surface area contributed by atoms with E-state index in [1.54, 1.807) is 7.11 Å². The molecule has 1 N–H and O–H groups in total. The predicted molar refractivity (Wildman–Crippen MR) is 68.0 cm³/mol. The Labute approximate surface area is 103 Å². The Morgan fingerprint density at radius 3 is 2.94 bits per heavy atom. The van der Waals surface area contributed by atoms with Crippen molar-refractivity contribution in [1.82, 2.24) is 15.1 Å². The summed E-state index contributed by atoms with van der Waals surface area (Å²) in [6.07, 6.45) is 7.88. The van der Waals surface area contributed by atoms with Crippen molar-refractivity contribution < 1.29 is 4.74 Å². The van der Waals surface area contributed by atoms with Crippen molar-refractivity contribution >= 4 is 0 Å². The number of nitrogens with zero attached hydrogens (tertiary/aromatic N) is 2. The second-order valence-corrected chi connectivity index (χ2v) is 5.20. The van der Waals surface area contributed by atoms with Crippen molar-refractivity contribution in [2.45, 2.75) is 32.7 Å². The van der Waals surface area contributed by atoms with Crippen LogP contribution in [0.5, 0.6) is 0 Å². The van der Waals surface area contributed by atoms with Crippen LogP contribution in [0.3, 0.4) is 0 Å². The molecule has 1 aliphatic carbocycles. The quantitative estimate of drug-likeness (QED) is 0.698. The highest BCUT2D eigenvalue weighted by atomic mass is 16.5. The highest BCUT2D eigenvalue weighted by Gasteiger charge is 2.41. The van der Waals surface area contributed by atoms with Crippen molar-refractivity contribution in [3.8, 4) is 0 Å². The van der Waals surface area contributed by atoms with Crippen LogP contribution in [0.2, 0.25) is 0 Å². The summed E-state index contributed by atoms with van der Waals surface area (Å²) in [5.74, 6) is 0. The van der Waals surface area contributed by atoms with Gasteiger partial charge in [-0.05, 0) is 37.2 Å². The average molecular weight is 237 g/mol. The van der Waals surface area contributed by atoms with E-state index in [4.69, 9.17) is 4.74 Å². The standard InChI is InChI=1S/C13H23N3O/c1-12-9-15-16(10-12)7-6-14-11-13(3-4-13)5-8-17-2/h9-10,14H,3-8,11H2,1-2H3. The molecule has 1 aromatic rings. The Kier molecular flexibility index (Phi) is 4.18. The zero-order valence-corrected chi connectivity index (χ0v) is 10.9. The van der Waals surface area contributed by atoms with Crippen LogP contribution >= 0.6 is 0 Å². The first kappa shape index (κ1) is 12.6. The highest BCUT2D eigenvalue weighted by molar-refractivity contribution is 4.99. The molecule has 4 nitrogen and oxygen atoms in total. The van der Waals surface area contributed by atoms with Crippen LogP contribution in [0.1, 0.15) is 24.8 Å². The lowest BCUT2D eigenvalue weighted by molar-refractivity contribution is 0.171. The van der Waals surface area contributed by atoms with Crippen LogP contribution in [0, 0.1) is 12.3 Å². The summed E-state index contributed by atoms with van der Waals surface area (Å²) in [6, 6.07) is 0. The first-order valence-corrected chi connectivity index (χ1v) is 6.43. The summed E-state index contributed by atoms with van der Waals surface area (Å²) in [6.45, 7) is 6.03. The minimum atomic E-state index is 0.538. The first-order valence-electron chi connectivity index (χ1n) is 6.43. The Bertz CT molecular complexity index is 344. The van der Waals surface area contributed by atoms with E-state index in [1.165, 1.54) is 24.8 Å². The number of nitrogens with one attached hydrogen (secondary N) is 1. The predicted octanol–water partition coefficient (Wildman–Crippen LogP) is 1.60. The molecular formula is C13H23N3O. The molecule has 0 aromatic carbocycles. The lowest BCUT2D eigenvalue weighted by Gasteiger charge is -2.15. The molecule has 0 spiro atoms. The number of aryl methyl sites for hydroxylation is 1. The highest BCUT2D eigenvalue weighted by Crippen LogP contribution is 2.48. The van der Waals surface area contributed by atoms with Gasteiger partial charge in [-0.25, -0.2) is 0 Å². The molecule has 0 radical (unpaired) electrons. The van der Waals surface area contributed by atoms with Gasteiger partial charge in [0, 0.05) is 33.0 Å². The number of ether oxygens (including phenoxy) is 1. The van der Waals surface area contributed by atoms with Crippen LogP contribution in [-0.4, -0.2) is 36.6 Å². The third-order valence-electron chi connectivity index (χ3n) is 3.57. The SMILES string of the molecule is COCCC1(CNCCn2cc(C)cn2)CC1. The molecule has 0 unspecified atom stereocenters. The van der Waals surface area contributed by atoms with Gasteiger partial charge in [0.15, 0.2) is 0 Å². The molecule has 1 heterocycles. The summed E-state index contributed by atoms with van der Waals surface area (Å²) >= 11 is 0. The maximum absolute atomic E-state index is 5.15. The van der Waals surface area contributed by atoms with Gasteiger partial charge in [-0.15, -0.1) is 0 Å². The van der Waals surface area contributed by atoms with E-state index in [1.807, 2.05) is 10.9 Å². The molecule has 4 heteroatoms. The van der Waals surface area contributed by atoms with Gasteiger partial charge in [0.2, 0.25) is 0 Å². The number of aromatic nitrogens is 2. The summed E-state index contributed by atoms with van der Waals surface area (Å²) in [4.78, 5) is 0. The van der Waals surface area contributed by atoms with Crippen LogP contribution in [-0.2, 0) is 11.3 Å². The molecule has 0 bridgehead atoms. The molecule has 0 saturated heterocycles. The van der Waals surface area contributed by atoms with E-state index in [0.29, 0.717) is 5.41 Å². The second kappa shape index (κ2) is 5.65. The molecule has 1 aliphatic rings. The summed E-state index contributed by atoms with van der Waals surface area (Å²) in [7, 11) is 1.78. The molecular weight excluding hydrogens is 214 g/mol. The van der Waals surface area contributed by atoms with Crippen LogP contribution in [0.15, 0.2) is 12.4 Å². The van der Waals surface area contributed by atoms with Gasteiger partial charge in [0.1, 0.15) is 0 Å². The maximum atomic E-state index is 5.15. The molecule has 0 aliphatic heterocycles. The third kappa shape index (κ3) is 3.82. The van der Waals surface area contributed by atoms with Gasteiger partial charge in [0.25, 0.3) is 0 Å². The van der Waals surface area contributed by atoms with Crippen molar-refractivity contribution in [3.63, 3.8) is 0 Å². The second-order valence-electron chi connectivity index (χ2n) is 5.20. The zero-order chi connectivity index (χ0) is 12.1. The van der Waals surface area contributed by atoms with Gasteiger partial charge >= 0.3 is 0 Å². The molecule has 1 fully saturated rings. The first-order chi connectivity index (χ1) is 8.24. The van der Waals surface area contributed by atoms with Crippen molar-refractivity contribution in [3.05, 3.63) is 18.0 Å². The summed E-state index contributed by atoms with van der Waals surface area (Å²) < 4.78 is 7.15. The van der Waals surface area contributed by atoms with Crippen molar-refractivity contribution in [2.24, 2.45) is 5.41 Å². The number of rotatable bonds is 8. The minimum Gasteiger partial charge on any atom is -0.385 e. The van der Waals surface area contributed by atoms with Gasteiger partial charge in [0.05, 0.1) is 12.7 Å². The fraction of sp³-hybridized carbons (Fsp3) is 0.769. The molecule has 17 heavy (non-hydrogen) atoms. The molecule has 0 amide bonds. The van der Waals surface area contributed by atoms with Crippen LogP contribution < -0.4 is 5.32 Å². The number of hydrogen-bond donors (Lipinski definition) is 1. The van der Waals surface area contributed by atoms with E-state index in [-0.39, 0.29) is 0 Å². The average Bonchev–Trinajstić information content (AvgIpc) is 2.98. The fourth-order valence-electron chi connectivity index (χ4n) is 2.15. The summed E-state index contributed by atoms with van der Waals surface area (Å²) in [5.41, 5.74) is 1.76. The van der Waals surface area contributed by atoms with Gasteiger partial charge in [-0.1, -0.05) is 0 Å². The van der Waals surface area contributed by atoms with Gasteiger partial charge in [-0.2, -0.15) is 5.10 Å². The van der Waals surface area contributed by atoms with E-state index < -0.39 is 0 Å². The van der Waals surface area contributed by atoms with Crippen LogP contribution in [0.4, 0.5) is 0 Å². The molecule has 1 aromatic heterocycles. The smallest absolute Gasteiger partial charge is 0.0534 e. The maximum Gasteiger partial charge on any atom is 0.0534 e. The third-order valence-corrected chi connectivity index (χ3v) is 3.57. The van der Waals surface area contributed by atoms with Crippen LogP contribution in [0.25, 0.3) is 0 Å². The minimum absolute atomic E-state index is 0.538. The molecule has 1 saturated carbocycles. The van der Waals surface area contributed by atoms with E-state index in [0.717, 1.165) is 26.2 Å². The van der Waals surface area contributed by atoms with E-state index >= 15 is 0 Å². The topological polar surface area (TPSA) is 39.1 Å². The Morgan fingerprint density at radius 1 is 1.53 bits per heavy atom. The van der Waals surface area contributed by atoms with E-state index in [9.17, 15) is 0 Å². The Balaban J connectivity index is 1.60. The lowest BCUT2D eigenvalue weighted by atomic mass is 10.0. The molecule has 2 rings (SSSR count). The van der Waals surface area contributed by atoms with Gasteiger partial charge < -0.3 is 10.1 Å². The number of hydrogen-bond acceptors (Lipinski definition) is 3. The Hall–Kier alpha value is -0.870.